The highest BCUT2D eigenvalue weighted by atomic mass is 16.6. The molecule has 0 aliphatic carbocycles. The summed E-state index contributed by atoms with van der Waals surface area (Å²) < 4.78 is 194. The van der Waals surface area contributed by atoms with E-state index in [0.29, 0.717) is 11.3 Å². The molecule has 0 bridgehead atoms. The number of pyridine rings is 1. The van der Waals surface area contributed by atoms with E-state index in [1.807, 2.05) is 5.43 Å². The second-order valence-electron chi connectivity index (χ2n) is 13.0. The van der Waals surface area contributed by atoms with Crippen LogP contribution in [0.2, 0.25) is 0 Å². The van der Waals surface area contributed by atoms with E-state index >= 15 is 0 Å². The van der Waals surface area contributed by atoms with Gasteiger partial charge >= 0.3 is 12.2 Å². The SMILES string of the molecule is [2H]C([2H])(c1ccc(-c2ccccn2)cc1)N(C[C@H](O)[C@H](Cc1ccccc1)NC(=O)[C@@H](NC(=O)OC)C(C([2H])([2H])[2H])(C([2H])([2H])[2H])C([2H])([2H])[2H])NC(=O)[C@@H](NC(=O)OCCOCCOCCOC)C(C([2H])([2H])[2H])(C([2H])([2H])[2H])C([2H])([2H])[2H]. The van der Waals surface area contributed by atoms with E-state index in [-0.39, 0.29) is 43.6 Å². The predicted octanol–water partition coefficient (Wildman–Crippen LogP) is 4.26. The molecule has 2 aromatic carbocycles. The lowest BCUT2D eigenvalue weighted by Crippen LogP contribution is -2.61. The van der Waals surface area contributed by atoms with Gasteiger partial charge in [-0.15, -0.1) is 0 Å². The number of nitrogens with zero attached hydrogens (tertiary/aromatic N) is 2. The second-order valence-corrected chi connectivity index (χ2v) is 13.0. The van der Waals surface area contributed by atoms with E-state index in [1.54, 1.807) is 34.9 Å². The van der Waals surface area contributed by atoms with Crippen LogP contribution in [0.25, 0.3) is 11.3 Å². The average Bonchev–Trinajstić information content (AvgIpc) is 3.33. The Morgan fingerprint density at radius 1 is 0.733 bits per heavy atom. The van der Waals surface area contributed by atoms with E-state index in [4.69, 9.17) is 43.6 Å². The number of aliphatic hydroxyl groups is 1. The molecule has 0 unspecified atom stereocenters. The molecule has 330 valence electrons. The smallest absolute Gasteiger partial charge is 0.407 e. The number of amides is 4. The van der Waals surface area contributed by atoms with Gasteiger partial charge in [0.25, 0.3) is 5.91 Å². The molecule has 0 fully saturated rings. The van der Waals surface area contributed by atoms with E-state index in [9.17, 15) is 27.0 Å². The molecule has 0 saturated carbocycles. The van der Waals surface area contributed by atoms with Crippen molar-refractivity contribution >= 4 is 24.0 Å². The van der Waals surface area contributed by atoms with Gasteiger partial charge in [0, 0.05) is 56.6 Å². The Morgan fingerprint density at radius 2 is 1.33 bits per heavy atom. The highest BCUT2D eigenvalue weighted by molar-refractivity contribution is 5.87. The first kappa shape index (κ1) is 26.9. The number of rotatable bonds is 23. The topological polar surface area (TPSA) is 199 Å². The van der Waals surface area contributed by atoms with E-state index < -0.39 is 132 Å². The summed E-state index contributed by atoms with van der Waals surface area (Å²) in [4.78, 5) is 60.2. The number of carbonyl (C=O) groups is 4. The van der Waals surface area contributed by atoms with Crippen molar-refractivity contribution in [1.29, 1.82) is 0 Å². The number of hydrogen-bond donors (Lipinski definition) is 5. The zero-order valence-electron chi connectivity index (χ0n) is 53.0. The maximum atomic E-state index is 15.0. The minimum atomic E-state index is -4.26. The molecule has 3 rings (SSSR count). The number of hydrazine groups is 1. The molecular formula is C44H64N6O10. The van der Waals surface area contributed by atoms with Gasteiger partial charge in [-0.3, -0.25) is 20.0 Å². The number of hydrogen-bond acceptors (Lipinski definition) is 12. The number of aliphatic hydroxyl groups excluding tert-OH is 1. The quantitative estimate of drug-likeness (QED) is 0.0672. The maximum absolute atomic E-state index is 15.0. The van der Waals surface area contributed by atoms with Crippen LogP contribution in [0.3, 0.4) is 0 Å². The summed E-state index contributed by atoms with van der Waals surface area (Å²) in [6, 6.07) is 8.97. The largest absolute Gasteiger partial charge is 0.453 e. The van der Waals surface area contributed by atoms with Gasteiger partial charge in [-0.05, 0) is 40.5 Å². The van der Waals surface area contributed by atoms with Gasteiger partial charge < -0.3 is 44.7 Å². The Morgan fingerprint density at radius 3 is 1.93 bits per heavy atom. The normalized spacial score (nSPS) is 20.1. The van der Waals surface area contributed by atoms with Crippen LogP contribution in [0, 0.1) is 10.8 Å². The Bertz CT molecular complexity index is 2390. The number of methoxy groups -OCH3 is 2. The summed E-state index contributed by atoms with van der Waals surface area (Å²) in [5.41, 5.74) is -5.84. The standard InChI is InChI=1S/C44H64N6O10/c1-43(2,3)37(47-41(54)57-8)39(52)46-35(28-31-14-10-9-11-15-31)36(51)30-50(29-32-17-19-33(20-18-32)34-16-12-13-21-45-34)49-40(53)38(44(4,5)6)48-42(55)60-27-26-59-25-24-58-23-22-56-7/h9-21,35-38,51H,22-30H2,1-8H3,(H,46,52)(H,47,54)(H,48,55)(H,49,53)/t35-,36-,37+,38+/m0/s1/i1D3,2D3,3D3,4D3,5D3,6D3,29D2. The van der Waals surface area contributed by atoms with E-state index in [1.165, 1.54) is 61.8 Å². The number of aromatic nitrogens is 1. The zero-order valence-corrected chi connectivity index (χ0v) is 33.0. The summed E-state index contributed by atoms with van der Waals surface area (Å²) in [5.74, 6) is -3.93. The zero-order chi connectivity index (χ0) is 60.9. The third-order valence-corrected chi connectivity index (χ3v) is 8.18. The number of nitrogens with one attached hydrogen (secondary N) is 4. The molecule has 0 radical (unpaired) electrons. The molecule has 1 aromatic heterocycles. The van der Waals surface area contributed by atoms with Crippen molar-refractivity contribution in [3.8, 4) is 11.3 Å². The summed E-state index contributed by atoms with van der Waals surface area (Å²) in [6.45, 7) is -30.2. The van der Waals surface area contributed by atoms with Crippen LogP contribution in [0.1, 0.15) is 79.7 Å². The maximum Gasteiger partial charge on any atom is 0.407 e. The minimum absolute atomic E-state index is 0.0378. The van der Waals surface area contributed by atoms with E-state index in [2.05, 4.69) is 15.0 Å². The lowest BCUT2D eigenvalue weighted by Gasteiger charge is -2.35. The first-order valence-corrected chi connectivity index (χ1v) is 18.3. The van der Waals surface area contributed by atoms with Crippen LogP contribution < -0.4 is 21.4 Å². The first-order valence-electron chi connectivity index (χ1n) is 28.3. The number of ether oxygens (including phenoxy) is 5. The number of benzene rings is 2. The van der Waals surface area contributed by atoms with Crippen molar-refractivity contribution in [1.82, 2.24) is 31.4 Å². The molecule has 60 heavy (non-hydrogen) atoms. The van der Waals surface area contributed by atoms with Gasteiger partial charge in [0.2, 0.25) is 5.91 Å². The predicted molar refractivity (Wildman–Crippen MR) is 226 cm³/mol. The molecule has 1 heterocycles. The number of alkyl carbamates (subject to hydrolysis) is 2. The Balaban J connectivity index is 2.34. The van der Waals surface area contributed by atoms with Crippen LogP contribution >= 0.6 is 0 Å². The molecule has 4 amide bonds. The van der Waals surface area contributed by atoms with Gasteiger partial charge in [-0.2, -0.15) is 0 Å². The van der Waals surface area contributed by atoms with Crippen LogP contribution in [0.15, 0.2) is 79.0 Å². The molecule has 0 aliphatic heterocycles. The molecule has 3 aromatic rings. The van der Waals surface area contributed by atoms with Crippen molar-refractivity contribution in [3.05, 3.63) is 90.1 Å². The molecule has 16 heteroatoms. The van der Waals surface area contributed by atoms with Crippen molar-refractivity contribution in [2.45, 2.75) is 78.3 Å². The lowest BCUT2D eigenvalue weighted by molar-refractivity contribution is -0.132. The fraction of sp³-hybridized carbons (Fsp3) is 0.523. The molecule has 0 saturated heterocycles. The summed E-state index contributed by atoms with van der Waals surface area (Å²) in [5, 5.41) is 18.2. The van der Waals surface area contributed by atoms with Gasteiger partial charge in [0.1, 0.15) is 18.7 Å². The summed E-state index contributed by atoms with van der Waals surface area (Å²) in [6.07, 6.45) is -4.96. The fourth-order valence-corrected chi connectivity index (χ4v) is 5.19. The Kier molecular flexibility index (Phi) is 11.2. The van der Waals surface area contributed by atoms with Gasteiger partial charge in [0.15, 0.2) is 0 Å². The molecule has 0 spiro atoms. The van der Waals surface area contributed by atoms with Crippen LogP contribution in [-0.4, -0.2) is 124 Å². The van der Waals surface area contributed by atoms with Crippen LogP contribution in [0.4, 0.5) is 9.59 Å². The summed E-state index contributed by atoms with van der Waals surface area (Å²) in [7, 11) is 2.17. The van der Waals surface area contributed by atoms with E-state index in [0.717, 1.165) is 7.11 Å². The average molecular weight is 857 g/mol. The van der Waals surface area contributed by atoms with Crippen molar-refractivity contribution in [3.63, 3.8) is 0 Å². The van der Waals surface area contributed by atoms with Crippen LogP contribution in [-0.2, 0) is 46.2 Å². The summed E-state index contributed by atoms with van der Waals surface area (Å²) >= 11 is 0. The third kappa shape index (κ3) is 17.6. The molecule has 16 nitrogen and oxygen atoms in total. The van der Waals surface area contributed by atoms with Gasteiger partial charge in [-0.25, -0.2) is 14.6 Å². The van der Waals surface area contributed by atoms with Crippen LogP contribution in [0.5, 0.6) is 0 Å². The lowest BCUT2D eigenvalue weighted by atomic mass is 9.85. The molecular weight excluding hydrogens is 773 g/mol. The molecule has 4 atom stereocenters. The monoisotopic (exact) mass is 857 g/mol. The minimum Gasteiger partial charge on any atom is -0.453 e. The van der Waals surface area contributed by atoms with Crippen molar-refractivity contribution in [2.24, 2.45) is 10.8 Å². The van der Waals surface area contributed by atoms with Gasteiger partial charge in [0.05, 0.1) is 60.7 Å². The van der Waals surface area contributed by atoms with Crippen molar-refractivity contribution < 1.29 is 75.4 Å². The molecule has 0 aliphatic rings. The highest BCUT2D eigenvalue weighted by Gasteiger charge is 2.37. The fourth-order valence-electron chi connectivity index (χ4n) is 5.19. The highest BCUT2D eigenvalue weighted by Crippen LogP contribution is 2.23. The van der Waals surface area contributed by atoms with Crippen molar-refractivity contribution in [2.75, 3.05) is 60.4 Å². The third-order valence-electron chi connectivity index (χ3n) is 8.18. The Labute approximate surface area is 382 Å². The first-order chi connectivity index (χ1) is 36.8. The second kappa shape index (κ2) is 24.8. The van der Waals surface area contributed by atoms with Gasteiger partial charge in [-0.1, -0.05) is 102 Å². The Hall–Kier alpha value is -5.13. The molecule has 5 N–H and O–H groups in total. The number of carbonyl (C=O) groups excluding carboxylic acids is 4.